The summed E-state index contributed by atoms with van der Waals surface area (Å²) in [6, 6.07) is 20.8. The molecule has 178 valence electrons. The number of para-hydroxylation sites is 1. The number of ether oxygens (including phenoxy) is 1. The second kappa shape index (κ2) is 9.97. The lowest BCUT2D eigenvalue weighted by molar-refractivity contribution is -0.148. The zero-order valence-corrected chi connectivity index (χ0v) is 19.6. The maximum absolute atomic E-state index is 12.6. The average Bonchev–Trinajstić information content (AvgIpc) is 2.90. The molecule has 0 radical (unpaired) electrons. The zero-order chi connectivity index (χ0) is 24.2. The van der Waals surface area contributed by atoms with E-state index in [0.29, 0.717) is 18.2 Å². The third kappa shape index (κ3) is 4.87. The van der Waals surface area contributed by atoms with Gasteiger partial charge < -0.3 is 15.0 Å². The molecule has 1 saturated heterocycles. The van der Waals surface area contributed by atoms with E-state index in [1.807, 2.05) is 61.5 Å². The van der Waals surface area contributed by atoms with Gasteiger partial charge in [0.1, 0.15) is 0 Å². The molecule has 1 fully saturated rings. The third-order valence-electron chi connectivity index (χ3n) is 6.25. The number of nitrogens with zero attached hydrogens (tertiary/aromatic N) is 4. The number of benzene rings is 2. The first kappa shape index (κ1) is 22.6. The van der Waals surface area contributed by atoms with Crippen molar-refractivity contribution in [2.45, 2.75) is 19.8 Å². The Morgan fingerprint density at radius 1 is 1.00 bits per heavy atom. The standard InChI is InChI=1S/C27H27N5O3/c1-2-35-26(34)19-14-16-31(17-15-19)22-11-9-21(10-12-22)29-27-28-18-20-8-13-24(33)32(25(20)30-27)23-6-4-3-5-7-23/h3-13,18-19H,2,14-17H2,1H3,(H,28,29,30). The van der Waals surface area contributed by atoms with Crippen molar-refractivity contribution < 1.29 is 9.53 Å². The van der Waals surface area contributed by atoms with Crippen LogP contribution in [0, 0.1) is 5.92 Å². The van der Waals surface area contributed by atoms with Gasteiger partial charge in [0.25, 0.3) is 5.56 Å². The van der Waals surface area contributed by atoms with Crippen molar-refractivity contribution in [3.63, 3.8) is 0 Å². The number of aromatic nitrogens is 3. The minimum Gasteiger partial charge on any atom is -0.466 e. The fourth-order valence-electron chi connectivity index (χ4n) is 4.42. The van der Waals surface area contributed by atoms with Crippen molar-refractivity contribution in [3.05, 3.63) is 83.3 Å². The van der Waals surface area contributed by atoms with E-state index < -0.39 is 0 Å². The number of carbonyl (C=O) groups is 1. The van der Waals surface area contributed by atoms with Gasteiger partial charge in [0.2, 0.25) is 5.95 Å². The molecule has 0 bridgehead atoms. The van der Waals surface area contributed by atoms with Gasteiger partial charge in [-0.3, -0.25) is 14.2 Å². The molecule has 1 N–H and O–H groups in total. The summed E-state index contributed by atoms with van der Waals surface area (Å²) in [6.45, 7) is 3.91. The Labute approximate surface area is 203 Å². The minimum atomic E-state index is -0.149. The summed E-state index contributed by atoms with van der Waals surface area (Å²) in [5, 5.41) is 4.02. The van der Waals surface area contributed by atoms with Crippen molar-refractivity contribution in [2.24, 2.45) is 5.92 Å². The second-order valence-electron chi connectivity index (χ2n) is 8.50. The second-order valence-corrected chi connectivity index (χ2v) is 8.50. The van der Waals surface area contributed by atoms with E-state index in [1.54, 1.807) is 16.8 Å². The molecule has 8 heteroatoms. The Kier molecular flexibility index (Phi) is 6.43. The predicted molar refractivity (Wildman–Crippen MR) is 136 cm³/mol. The highest BCUT2D eigenvalue weighted by atomic mass is 16.5. The Bertz CT molecular complexity index is 1380. The number of piperidine rings is 1. The molecule has 0 amide bonds. The van der Waals surface area contributed by atoms with Gasteiger partial charge in [-0.15, -0.1) is 0 Å². The van der Waals surface area contributed by atoms with Crippen molar-refractivity contribution in [1.29, 1.82) is 0 Å². The number of nitrogens with one attached hydrogen (secondary N) is 1. The molecule has 35 heavy (non-hydrogen) atoms. The number of pyridine rings is 1. The van der Waals surface area contributed by atoms with Gasteiger partial charge in [-0.05, 0) is 62.2 Å². The van der Waals surface area contributed by atoms with Crippen LogP contribution in [0.5, 0.6) is 0 Å². The first-order valence-electron chi connectivity index (χ1n) is 11.9. The summed E-state index contributed by atoms with van der Waals surface area (Å²) in [5.41, 5.74) is 3.10. The number of fused-ring (bicyclic) bond motifs is 1. The van der Waals surface area contributed by atoms with Crippen LogP contribution in [0.3, 0.4) is 0 Å². The van der Waals surface area contributed by atoms with Crippen molar-refractivity contribution in [2.75, 3.05) is 29.9 Å². The molecule has 0 aliphatic carbocycles. The Hall–Kier alpha value is -4.20. The number of hydrogen-bond donors (Lipinski definition) is 1. The Morgan fingerprint density at radius 3 is 2.46 bits per heavy atom. The molecule has 2 aromatic heterocycles. The molecule has 2 aromatic carbocycles. The van der Waals surface area contributed by atoms with E-state index in [4.69, 9.17) is 4.74 Å². The van der Waals surface area contributed by atoms with Gasteiger partial charge in [0.15, 0.2) is 5.65 Å². The third-order valence-corrected chi connectivity index (χ3v) is 6.25. The number of carbonyl (C=O) groups excluding carboxylic acids is 1. The lowest BCUT2D eigenvalue weighted by atomic mass is 9.96. The average molecular weight is 470 g/mol. The van der Waals surface area contributed by atoms with Crippen LogP contribution in [-0.2, 0) is 9.53 Å². The summed E-state index contributed by atoms with van der Waals surface area (Å²) in [6.07, 6.45) is 3.31. The molecule has 3 heterocycles. The molecular formula is C27H27N5O3. The van der Waals surface area contributed by atoms with Crippen LogP contribution in [0.1, 0.15) is 19.8 Å². The SMILES string of the molecule is CCOC(=O)C1CCN(c2ccc(Nc3ncc4ccc(=O)n(-c5ccccc5)c4n3)cc2)CC1. The topological polar surface area (TPSA) is 89.4 Å². The van der Waals surface area contributed by atoms with E-state index in [-0.39, 0.29) is 17.4 Å². The van der Waals surface area contributed by atoms with Crippen LogP contribution in [0.4, 0.5) is 17.3 Å². The van der Waals surface area contributed by atoms with Gasteiger partial charge in [-0.2, -0.15) is 4.98 Å². The summed E-state index contributed by atoms with van der Waals surface area (Å²) in [7, 11) is 0. The molecule has 0 saturated carbocycles. The zero-order valence-electron chi connectivity index (χ0n) is 19.6. The fourth-order valence-corrected chi connectivity index (χ4v) is 4.42. The molecule has 8 nitrogen and oxygen atoms in total. The minimum absolute atomic E-state index is 0.00882. The highest BCUT2D eigenvalue weighted by Gasteiger charge is 2.26. The normalized spacial score (nSPS) is 14.1. The molecule has 1 aliphatic rings. The monoisotopic (exact) mass is 469 g/mol. The first-order valence-corrected chi connectivity index (χ1v) is 11.9. The summed E-state index contributed by atoms with van der Waals surface area (Å²) < 4.78 is 6.75. The summed E-state index contributed by atoms with van der Waals surface area (Å²) in [4.78, 5) is 36.0. The molecule has 0 unspecified atom stereocenters. The van der Waals surface area contributed by atoms with E-state index in [1.165, 1.54) is 6.07 Å². The van der Waals surface area contributed by atoms with E-state index >= 15 is 0 Å². The van der Waals surface area contributed by atoms with Gasteiger partial charge in [0, 0.05) is 42.1 Å². The van der Waals surface area contributed by atoms with Crippen LogP contribution in [0.25, 0.3) is 16.7 Å². The lowest BCUT2D eigenvalue weighted by Gasteiger charge is -2.32. The van der Waals surface area contributed by atoms with E-state index in [9.17, 15) is 9.59 Å². The fraction of sp³-hybridized carbons (Fsp3) is 0.259. The van der Waals surface area contributed by atoms with Crippen LogP contribution in [0.2, 0.25) is 0 Å². The smallest absolute Gasteiger partial charge is 0.309 e. The van der Waals surface area contributed by atoms with Crippen LogP contribution >= 0.6 is 0 Å². The van der Waals surface area contributed by atoms with E-state index in [0.717, 1.165) is 48.4 Å². The molecule has 4 aromatic rings. The van der Waals surface area contributed by atoms with Crippen LogP contribution in [-0.4, -0.2) is 40.2 Å². The van der Waals surface area contributed by atoms with Crippen molar-refractivity contribution >= 4 is 34.3 Å². The molecule has 0 spiro atoms. The van der Waals surface area contributed by atoms with Gasteiger partial charge >= 0.3 is 5.97 Å². The highest BCUT2D eigenvalue weighted by molar-refractivity contribution is 5.77. The highest BCUT2D eigenvalue weighted by Crippen LogP contribution is 2.26. The van der Waals surface area contributed by atoms with E-state index in [2.05, 4.69) is 20.2 Å². The summed E-state index contributed by atoms with van der Waals surface area (Å²) >= 11 is 0. The molecule has 1 aliphatic heterocycles. The Balaban J connectivity index is 1.32. The van der Waals surface area contributed by atoms with Gasteiger partial charge in [-0.25, -0.2) is 4.98 Å². The molecule has 0 atom stereocenters. The van der Waals surface area contributed by atoms with Crippen molar-refractivity contribution in [3.8, 4) is 5.69 Å². The number of rotatable bonds is 6. The lowest BCUT2D eigenvalue weighted by Crippen LogP contribution is -2.36. The maximum Gasteiger partial charge on any atom is 0.309 e. The number of esters is 1. The number of hydrogen-bond acceptors (Lipinski definition) is 7. The van der Waals surface area contributed by atoms with Crippen LogP contribution in [0.15, 0.2) is 77.7 Å². The molecule has 5 rings (SSSR count). The largest absolute Gasteiger partial charge is 0.466 e. The van der Waals surface area contributed by atoms with Crippen molar-refractivity contribution in [1.82, 2.24) is 14.5 Å². The first-order chi connectivity index (χ1) is 17.1. The maximum atomic E-state index is 12.6. The quantitative estimate of drug-likeness (QED) is 0.421. The van der Waals surface area contributed by atoms with Gasteiger partial charge in [0.05, 0.1) is 18.2 Å². The van der Waals surface area contributed by atoms with Gasteiger partial charge in [-0.1, -0.05) is 18.2 Å². The predicted octanol–water partition coefficient (Wildman–Crippen LogP) is 4.30. The molecular weight excluding hydrogens is 442 g/mol. The summed E-state index contributed by atoms with van der Waals surface area (Å²) in [5.74, 6) is 0.320. The van der Waals surface area contributed by atoms with Crippen LogP contribution < -0.4 is 15.8 Å². The Morgan fingerprint density at radius 2 is 1.74 bits per heavy atom. The number of anilines is 3.